The van der Waals surface area contributed by atoms with Crippen LogP contribution in [0, 0.1) is 11.8 Å². The van der Waals surface area contributed by atoms with E-state index in [0.717, 1.165) is 102 Å². The molecule has 0 spiro atoms. The molecule has 0 saturated carbocycles. The largest absolute Gasteiger partial charge is 0.472 e. The van der Waals surface area contributed by atoms with Gasteiger partial charge in [-0.25, -0.2) is 9.13 Å². The summed E-state index contributed by atoms with van der Waals surface area (Å²) in [6, 6.07) is 0. The fourth-order valence-corrected chi connectivity index (χ4v) is 14.8. The minimum absolute atomic E-state index is 0.108. The Balaban J connectivity index is 5.26. The molecule has 0 aliphatic rings. The van der Waals surface area contributed by atoms with Crippen molar-refractivity contribution in [3.05, 3.63) is 0 Å². The van der Waals surface area contributed by atoms with Gasteiger partial charge in [-0.05, 0) is 37.5 Å². The number of esters is 4. The van der Waals surface area contributed by atoms with Crippen molar-refractivity contribution < 1.29 is 80.2 Å². The zero-order chi connectivity index (χ0) is 76.4. The van der Waals surface area contributed by atoms with Gasteiger partial charge in [0.05, 0.1) is 26.4 Å². The van der Waals surface area contributed by atoms with E-state index in [9.17, 15) is 43.2 Å². The Morgan fingerprint density at radius 1 is 0.269 bits per heavy atom. The molecule has 0 aromatic rings. The lowest BCUT2D eigenvalue weighted by atomic mass is 9.99. The fraction of sp³-hybridized carbons (Fsp3) is 0.953. The van der Waals surface area contributed by atoms with Crippen molar-refractivity contribution in [2.45, 2.75) is 471 Å². The van der Waals surface area contributed by atoms with Gasteiger partial charge < -0.3 is 33.8 Å². The van der Waals surface area contributed by atoms with E-state index in [-0.39, 0.29) is 25.7 Å². The summed E-state index contributed by atoms with van der Waals surface area (Å²) in [6.45, 7) is 9.73. The van der Waals surface area contributed by atoms with Crippen LogP contribution in [-0.4, -0.2) is 96.7 Å². The molecule has 0 radical (unpaired) electrons. The second kappa shape index (κ2) is 76.4. The number of hydrogen-bond donors (Lipinski definition) is 3. The Kier molecular flexibility index (Phi) is 75.0. The van der Waals surface area contributed by atoms with Crippen LogP contribution in [0.3, 0.4) is 0 Å². The smallest absolute Gasteiger partial charge is 0.462 e. The maximum atomic E-state index is 13.1. The topological polar surface area (TPSA) is 237 Å². The highest BCUT2D eigenvalue weighted by Gasteiger charge is 2.30. The highest BCUT2D eigenvalue weighted by Crippen LogP contribution is 2.45. The zero-order valence-corrected chi connectivity index (χ0v) is 70.1. The van der Waals surface area contributed by atoms with Crippen LogP contribution in [0.25, 0.3) is 0 Å². The number of phosphoric acid groups is 2. The van der Waals surface area contributed by atoms with Crippen LogP contribution in [0.2, 0.25) is 0 Å². The third-order valence-electron chi connectivity index (χ3n) is 20.7. The Morgan fingerprint density at radius 2 is 0.462 bits per heavy atom. The summed E-state index contributed by atoms with van der Waals surface area (Å²) in [5.41, 5.74) is 0. The van der Waals surface area contributed by atoms with Crippen LogP contribution >= 0.6 is 15.6 Å². The Labute approximate surface area is 638 Å². The quantitative estimate of drug-likeness (QED) is 0.0222. The Morgan fingerprint density at radius 3 is 0.683 bits per heavy atom. The molecule has 0 aliphatic heterocycles. The van der Waals surface area contributed by atoms with Gasteiger partial charge in [-0.2, -0.15) is 0 Å². The zero-order valence-electron chi connectivity index (χ0n) is 68.3. The van der Waals surface area contributed by atoms with E-state index in [4.69, 9.17) is 37.0 Å². The van der Waals surface area contributed by atoms with Crippen molar-refractivity contribution in [2.75, 3.05) is 39.6 Å². The number of rotatable bonds is 84. The molecular weight excluding hydrogens is 1350 g/mol. The maximum Gasteiger partial charge on any atom is 0.472 e. The van der Waals surface area contributed by atoms with Gasteiger partial charge >= 0.3 is 39.5 Å². The van der Waals surface area contributed by atoms with Crippen molar-refractivity contribution in [1.29, 1.82) is 0 Å². The van der Waals surface area contributed by atoms with Crippen LogP contribution in [0.4, 0.5) is 0 Å². The van der Waals surface area contributed by atoms with E-state index >= 15 is 0 Å². The second-order valence-electron chi connectivity index (χ2n) is 31.1. The summed E-state index contributed by atoms with van der Waals surface area (Å²) in [7, 11) is -9.93. The highest BCUT2D eigenvalue weighted by atomic mass is 31.2. The molecule has 0 saturated heterocycles. The first-order valence-electron chi connectivity index (χ1n) is 44.1. The third-order valence-corrected chi connectivity index (χ3v) is 22.6. The molecule has 0 heterocycles. The molecule has 104 heavy (non-hydrogen) atoms. The molecule has 0 bridgehead atoms. The predicted molar refractivity (Wildman–Crippen MR) is 428 cm³/mol. The minimum atomic E-state index is -4.97. The first-order valence-corrected chi connectivity index (χ1v) is 47.1. The molecule has 17 nitrogen and oxygen atoms in total. The van der Waals surface area contributed by atoms with Crippen molar-refractivity contribution in [2.24, 2.45) is 11.8 Å². The molecular formula is C85H166O17P2. The van der Waals surface area contributed by atoms with Crippen LogP contribution < -0.4 is 0 Å². The molecule has 0 aromatic carbocycles. The second-order valence-corrected chi connectivity index (χ2v) is 34.0. The van der Waals surface area contributed by atoms with E-state index in [1.165, 1.54) is 270 Å². The normalized spacial score (nSPS) is 14.4. The van der Waals surface area contributed by atoms with Gasteiger partial charge in [0.25, 0.3) is 0 Å². The number of ether oxygens (including phenoxy) is 4. The molecule has 0 amide bonds. The molecule has 0 aliphatic carbocycles. The van der Waals surface area contributed by atoms with Crippen molar-refractivity contribution >= 4 is 39.5 Å². The number of hydrogen-bond acceptors (Lipinski definition) is 15. The van der Waals surface area contributed by atoms with Gasteiger partial charge in [0.15, 0.2) is 12.2 Å². The van der Waals surface area contributed by atoms with E-state index < -0.39 is 97.5 Å². The minimum Gasteiger partial charge on any atom is -0.462 e. The average molecular weight is 1520 g/mol. The maximum absolute atomic E-state index is 13.1. The third kappa shape index (κ3) is 75.5. The van der Waals surface area contributed by atoms with Crippen molar-refractivity contribution in [3.63, 3.8) is 0 Å². The van der Waals surface area contributed by atoms with Gasteiger partial charge in [0.2, 0.25) is 0 Å². The monoisotopic (exact) mass is 1520 g/mol. The summed E-state index contributed by atoms with van der Waals surface area (Å²) in [6.07, 6.45) is 67.9. The molecule has 19 heteroatoms. The lowest BCUT2D eigenvalue weighted by Gasteiger charge is -2.21. The van der Waals surface area contributed by atoms with Crippen LogP contribution in [0.1, 0.15) is 452 Å². The summed E-state index contributed by atoms with van der Waals surface area (Å²) in [5.74, 6) is -0.475. The van der Waals surface area contributed by atoms with E-state index in [1.807, 2.05) is 0 Å². The summed E-state index contributed by atoms with van der Waals surface area (Å²) >= 11 is 0. The molecule has 0 fully saturated rings. The number of carbonyl (C=O) groups is 4. The molecule has 0 aromatic heterocycles. The predicted octanol–water partition coefficient (Wildman–Crippen LogP) is 25.8. The number of unbranched alkanes of at least 4 members (excludes halogenated alkanes) is 52. The summed E-state index contributed by atoms with van der Waals surface area (Å²) in [5, 5.41) is 10.7. The first-order chi connectivity index (χ1) is 50.4. The highest BCUT2D eigenvalue weighted by molar-refractivity contribution is 7.47. The van der Waals surface area contributed by atoms with E-state index in [0.29, 0.717) is 25.7 Å². The Hall–Kier alpha value is -1.94. The standard InChI is InChI=1S/C85H166O17P2/c1-7-11-13-15-17-19-21-23-25-26-27-28-29-30-36-40-44-52-58-64-70-85(90)101-80(73-95-82(87)67-61-55-49-42-38-35-32-31-33-37-41-47-53-59-65-77(5)9-3)75-99-103(91,92)97-71-79(86)72-98-104(93,94)100-76-81(74-96-83(88)68-62-56-50-46-45-48-54-60-66-78(6)10-4)102-84(89)69-63-57-51-43-39-34-24-22-20-18-16-14-12-8-2/h77-81,86H,7-76H2,1-6H3,(H,91,92)(H,93,94)/t77?,78?,79-,80-,81-/m1/s1. The van der Waals surface area contributed by atoms with E-state index in [2.05, 4.69) is 41.5 Å². The summed E-state index contributed by atoms with van der Waals surface area (Å²) < 4.78 is 68.9. The molecule has 7 atom stereocenters. The summed E-state index contributed by atoms with van der Waals surface area (Å²) in [4.78, 5) is 73.2. The van der Waals surface area contributed by atoms with E-state index in [1.54, 1.807) is 0 Å². The number of phosphoric ester groups is 2. The molecule has 618 valence electrons. The Bertz CT molecular complexity index is 2000. The van der Waals surface area contributed by atoms with Gasteiger partial charge in [-0.1, -0.05) is 401 Å². The average Bonchev–Trinajstić information content (AvgIpc) is 0.902. The van der Waals surface area contributed by atoms with Gasteiger partial charge in [0.1, 0.15) is 19.3 Å². The van der Waals surface area contributed by atoms with Gasteiger partial charge in [-0.15, -0.1) is 0 Å². The first kappa shape index (κ1) is 102. The van der Waals surface area contributed by atoms with Crippen molar-refractivity contribution in [3.8, 4) is 0 Å². The van der Waals surface area contributed by atoms with Gasteiger partial charge in [0, 0.05) is 25.7 Å². The lowest BCUT2D eigenvalue weighted by Crippen LogP contribution is -2.30. The number of carbonyl (C=O) groups excluding carboxylic acids is 4. The fourth-order valence-electron chi connectivity index (χ4n) is 13.2. The van der Waals surface area contributed by atoms with Gasteiger partial charge in [-0.3, -0.25) is 37.3 Å². The lowest BCUT2D eigenvalue weighted by molar-refractivity contribution is -0.161. The van der Waals surface area contributed by atoms with Crippen molar-refractivity contribution in [1.82, 2.24) is 0 Å². The molecule has 4 unspecified atom stereocenters. The van der Waals surface area contributed by atoms with Crippen LogP contribution in [0.5, 0.6) is 0 Å². The number of aliphatic hydroxyl groups is 1. The SMILES string of the molecule is CCCCCCCCCCCCCCCCCCCCCCC(=O)O[C@H](COC(=O)CCCCCCCCCCCCCCCCC(C)CC)COP(=O)(O)OC[C@@H](O)COP(=O)(O)OC[C@@H](COC(=O)CCCCCCCCCCC(C)CC)OC(=O)CCCCCCCCCCCCCCCC. The van der Waals surface area contributed by atoms with Crippen LogP contribution in [0.15, 0.2) is 0 Å². The van der Waals surface area contributed by atoms with Crippen LogP contribution in [-0.2, 0) is 65.4 Å². The molecule has 3 N–H and O–H groups in total. The number of aliphatic hydroxyl groups excluding tert-OH is 1. The molecule has 0 rings (SSSR count).